The Kier molecular flexibility index (Phi) is 15.1. The summed E-state index contributed by atoms with van der Waals surface area (Å²) in [6.07, 6.45) is 12.6. The number of halogens is 2. The minimum absolute atomic E-state index is 0.679. The third kappa shape index (κ3) is 10.4. The van der Waals surface area contributed by atoms with Crippen LogP contribution in [0.4, 0.5) is 0 Å². The van der Waals surface area contributed by atoms with E-state index in [4.69, 9.17) is 18.9 Å². The molecule has 200 valence electrons. The Morgan fingerprint density at radius 3 is 1.11 bits per heavy atom. The van der Waals surface area contributed by atoms with Crippen LogP contribution in [-0.4, -0.2) is 26.4 Å². The number of ether oxygens (including phenoxy) is 4. The molecule has 2 aromatic carbocycles. The summed E-state index contributed by atoms with van der Waals surface area (Å²) in [7, 11) is 0. The second-order valence-corrected chi connectivity index (χ2v) is 10.5. The molecule has 0 radical (unpaired) electrons. The lowest BCUT2D eigenvalue weighted by atomic mass is 10.1. The first-order valence-electron chi connectivity index (χ1n) is 13.4. The molecule has 0 spiro atoms. The molecule has 0 heterocycles. The summed E-state index contributed by atoms with van der Waals surface area (Å²) in [4.78, 5) is 0. The molecule has 36 heavy (non-hydrogen) atoms. The Bertz CT molecular complexity index is 868. The van der Waals surface area contributed by atoms with E-state index in [-0.39, 0.29) is 0 Å². The second kappa shape index (κ2) is 17.7. The van der Waals surface area contributed by atoms with Crippen LogP contribution in [0.25, 0.3) is 12.2 Å². The highest BCUT2D eigenvalue weighted by atomic mass is 79.9. The number of unbranched alkanes of at least 4 members (excludes halogenated alkanes) is 4. The number of hydrogen-bond acceptors (Lipinski definition) is 4. The molecule has 0 fully saturated rings. The van der Waals surface area contributed by atoms with Gasteiger partial charge in [-0.15, -0.1) is 0 Å². The van der Waals surface area contributed by atoms with Gasteiger partial charge in [0.1, 0.15) is 23.0 Å². The first-order valence-corrected chi connectivity index (χ1v) is 15.0. The molecule has 0 atom stereocenters. The standard InChI is InChI=1S/C30H42Br2O4/c1-5-9-15-33-27-21-25(31)29(35-17-11-7-3)19-23(27)13-14-24-20-30(36-18-12-8-4)26(32)22-28(24)34-16-10-6-2/h13-14,19-22H,5-12,15-18H2,1-4H3/b14-13+. The van der Waals surface area contributed by atoms with Gasteiger partial charge in [0.2, 0.25) is 0 Å². The zero-order chi connectivity index (χ0) is 26.2. The summed E-state index contributed by atoms with van der Waals surface area (Å²) >= 11 is 7.32. The summed E-state index contributed by atoms with van der Waals surface area (Å²) in [5.74, 6) is 3.31. The van der Waals surface area contributed by atoms with Crippen LogP contribution < -0.4 is 18.9 Å². The predicted molar refractivity (Wildman–Crippen MR) is 159 cm³/mol. The zero-order valence-electron chi connectivity index (χ0n) is 22.3. The van der Waals surface area contributed by atoms with E-state index >= 15 is 0 Å². The van der Waals surface area contributed by atoms with Crippen molar-refractivity contribution in [1.82, 2.24) is 0 Å². The van der Waals surface area contributed by atoms with E-state index < -0.39 is 0 Å². The number of benzene rings is 2. The normalized spacial score (nSPS) is 11.2. The SMILES string of the molecule is CCCCOc1cc(/C=C/c2cc(OCCCC)c(Br)cc2OCCCC)c(OCCCC)cc1Br. The van der Waals surface area contributed by atoms with Crippen LogP contribution in [0.3, 0.4) is 0 Å². The average Bonchev–Trinajstić information content (AvgIpc) is 2.86. The molecule has 0 aliphatic carbocycles. The third-order valence-corrected chi connectivity index (χ3v) is 6.83. The number of hydrogen-bond donors (Lipinski definition) is 0. The first kappa shape index (κ1) is 30.6. The molecular weight excluding hydrogens is 584 g/mol. The van der Waals surface area contributed by atoms with E-state index in [1.807, 2.05) is 24.3 Å². The summed E-state index contributed by atoms with van der Waals surface area (Å²) in [5.41, 5.74) is 1.94. The summed E-state index contributed by atoms with van der Waals surface area (Å²) < 4.78 is 26.2. The molecule has 2 aromatic rings. The maximum Gasteiger partial charge on any atom is 0.134 e. The van der Waals surface area contributed by atoms with Crippen molar-refractivity contribution in [2.75, 3.05) is 26.4 Å². The van der Waals surface area contributed by atoms with E-state index in [1.54, 1.807) is 0 Å². The quantitative estimate of drug-likeness (QED) is 0.122. The van der Waals surface area contributed by atoms with E-state index in [1.165, 1.54) is 0 Å². The van der Waals surface area contributed by atoms with E-state index in [0.29, 0.717) is 26.4 Å². The van der Waals surface area contributed by atoms with Crippen LogP contribution in [-0.2, 0) is 0 Å². The topological polar surface area (TPSA) is 36.9 Å². The minimum Gasteiger partial charge on any atom is -0.493 e. The lowest BCUT2D eigenvalue weighted by Crippen LogP contribution is -2.02. The molecule has 4 nitrogen and oxygen atoms in total. The van der Waals surface area contributed by atoms with Crippen LogP contribution in [0.5, 0.6) is 23.0 Å². The van der Waals surface area contributed by atoms with Gasteiger partial charge >= 0.3 is 0 Å². The molecule has 0 bridgehead atoms. The summed E-state index contributed by atoms with van der Waals surface area (Å²) in [6.45, 7) is 11.4. The van der Waals surface area contributed by atoms with Gasteiger partial charge in [-0.3, -0.25) is 0 Å². The minimum atomic E-state index is 0.679. The van der Waals surface area contributed by atoms with Crippen molar-refractivity contribution in [1.29, 1.82) is 0 Å². The van der Waals surface area contributed by atoms with Gasteiger partial charge in [-0.2, -0.15) is 0 Å². The van der Waals surface area contributed by atoms with Crippen molar-refractivity contribution >= 4 is 44.0 Å². The van der Waals surface area contributed by atoms with Crippen molar-refractivity contribution in [3.63, 3.8) is 0 Å². The Hall–Kier alpha value is -1.66. The van der Waals surface area contributed by atoms with E-state index in [2.05, 4.69) is 71.7 Å². The molecule has 0 unspecified atom stereocenters. The fourth-order valence-electron chi connectivity index (χ4n) is 3.32. The Balaban J connectivity index is 2.41. The average molecular weight is 626 g/mol. The van der Waals surface area contributed by atoms with Crippen molar-refractivity contribution in [3.05, 3.63) is 44.3 Å². The molecule has 0 saturated heterocycles. The maximum atomic E-state index is 6.15. The van der Waals surface area contributed by atoms with Crippen molar-refractivity contribution in [3.8, 4) is 23.0 Å². The Morgan fingerprint density at radius 2 is 0.806 bits per heavy atom. The highest BCUT2D eigenvalue weighted by molar-refractivity contribution is 9.10. The summed E-state index contributed by atoms with van der Waals surface area (Å²) in [5, 5.41) is 0. The molecule has 0 aliphatic heterocycles. The maximum absolute atomic E-state index is 6.15. The van der Waals surface area contributed by atoms with E-state index in [9.17, 15) is 0 Å². The largest absolute Gasteiger partial charge is 0.493 e. The van der Waals surface area contributed by atoms with Gasteiger partial charge in [0.15, 0.2) is 0 Å². The molecular formula is C30H42Br2O4. The van der Waals surface area contributed by atoms with Gasteiger partial charge in [-0.05, 0) is 81.8 Å². The highest BCUT2D eigenvalue weighted by Crippen LogP contribution is 2.37. The van der Waals surface area contributed by atoms with Crippen LogP contribution in [0, 0.1) is 0 Å². The van der Waals surface area contributed by atoms with Crippen molar-refractivity contribution < 1.29 is 18.9 Å². The molecule has 0 saturated carbocycles. The van der Waals surface area contributed by atoms with Gasteiger partial charge in [-0.1, -0.05) is 65.5 Å². The molecule has 0 amide bonds. The molecule has 0 aliphatic rings. The lowest BCUT2D eigenvalue weighted by molar-refractivity contribution is 0.298. The smallest absolute Gasteiger partial charge is 0.134 e. The molecule has 0 N–H and O–H groups in total. The number of rotatable bonds is 18. The summed E-state index contributed by atoms with van der Waals surface area (Å²) in [6, 6.07) is 8.12. The Labute approximate surface area is 235 Å². The Morgan fingerprint density at radius 1 is 0.500 bits per heavy atom. The fourth-order valence-corrected chi connectivity index (χ4v) is 4.19. The highest BCUT2D eigenvalue weighted by Gasteiger charge is 2.12. The lowest BCUT2D eigenvalue weighted by Gasteiger charge is -2.15. The molecule has 0 aromatic heterocycles. The third-order valence-electron chi connectivity index (χ3n) is 5.59. The van der Waals surface area contributed by atoms with Gasteiger partial charge in [0.25, 0.3) is 0 Å². The van der Waals surface area contributed by atoms with E-state index in [0.717, 1.165) is 94.4 Å². The first-order chi connectivity index (χ1) is 17.5. The predicted octanol–water partition coefficient (Wildman–Crippen LogP) is 10.1. The van der Waals surface area contributed by atoms with Gasteiger partial charge in [0.05, 0.1) is 35.4 Å². The van der Waals surface area contributed by atoms with Crippen LogP contribution in [0.1, 0.15) is 90.2 Å². The monoisotopic (exact) mass is 624 g/mol. The van der Waals surface area contributed by atoms with Gasteiger partial charge in [-0.25, -0.2) is 0 Å². The van der Waals surface area contributed by atoms with Crippen LogP contribution >= 0.6 is 31.9 Å². The van der Waals surface area contributed by atoms with Crippen LogP contribution in [0.15, 0.2) is 33.2 Å². The van der Waals surface area contributed by atoms with Crippen molar-refractivity contribution in [2.24, 2.45) is 0 Å². The zero-order valence-corrected chi connectivity index (χ0v) is 25.5. The molecule has 6 heteroatoms. The van der Waals surface area contributed by atoms with Gasteiger partial charge in [0, 0.05) is 11.1 Å². The van der Waals surface area contributed by atoms with Crippen LogP contribution in [0.2, 0.25) is 0 Å². The van der Waals surface area contributed by atoms with Crippen molar-refractivity contribution in [2.45, 2.75) is 79.1 Å². The van der Waals surface area contributed by atoms with Gasteiger partial charge < -0.3 is 18.9 Å². The fraction of sp³-hybridized carbons (Fsp3) is 0.533. The molecule has 2 rings (SSSR count). The second-order valence-electron chi connectivity index (χ2n) is 8.78.